The molecule has 0 fully saturated rings. The maximum atomic E-state index is 11.0. The fraction of sp³-hybridized carbons (Fsp3) is 0.714. The van der Waals surface area contributed by atoms with Crippen molar-refractivity contribution in [1.82, 2.24) is 10.6 Å². The van der Waals surface area contributed by atoms with Gasteiger partial charge in [-0.3, -0.25) is 9.59 Å². The van der Waals surface area contributed by atoms with Crippen molar-refractivity contribution in [3.8, 4) is 0 Å². The quantitative estimate of drug-likeness (QED) is 0.526. The summed E-state index contributed by atoms with van der Waals surface area (Å²) in [5.41, 5.74) is 0. The molecule has 2 N–H and O–H groups in total. The first-order chi connectivity index (χ1) is 5.57. The van der Waals surface area contributed by atoms with Crippen LogP contribution >= 0.6 is 12.6 Å². The van der Waals surface area contributed by atoms with Crippen molar-refractivity contribution >= 4 is 24.4 Å². The average Bonchev–Trinajstić information content (AvgIpc) is 2.00. The van der Waals surface area contributed by atoms with Crippen LogP contribution in [-0.4, -0.2) is 30.2 Å². The highest BCUT2D eigenvalue weighted by molar-refractivity contribution is 7.81. The monoisotopic (exact) mass is 190 g/mol. The highest BCUT2D eigenvalue weighted by Crippen LogP contribution is 1.92. The fourth-order valence-corrected chi connectivity index (χ4v) is 0.808. The van der Waals surface area contributed by atoms with E-state index >= 15 is 0 Å². The minimum Gasteiger partial charge on any atom is -0.355 e. The van der Waals surface area contributed by atoms with Gasteiger partial charge in [-0.1, -0.05) is 0 Å². The fourth-order valence-electron chi connectivity index (χ4n) is 0.625. The van der Waals surface area contributed by atoms with Gasteiger partial charge in [-0.05, 0) is 6.92 Å². The Morgan fingerprint density at radius 1 is 1.42 bits per heavy atom. The third-order valence-corrected chi connectivity index (χ3v) is 1.62. The number of rotatable bonds is 4. The van der Waals surface area contributed by atoms with E-state index in [1.165, 1.54) is 6.92 Å². The smallest absolute Gasteiger partial charge is 0.234 e. The summed E-state index contributed by atoms with van der Waals surface area (Å²) in [6.07, 6.45) is 0. The lowest BCUT2D eigenvalue weighted by Gasteiger charge is -2.09. The second-order valence-corrected chi connectivity index (χ2v) is 2.97. The first-order valence-electron chi connectivity index (χ1n) is 3.78. The molecule has 0 aliphatic rings. The standard InChI is InChI=1S/C7H14N2O2S/c1-3-8-7(11)6(12)4-9-5(2)10/h6,12H,3-4H2,1-2H3,(H,8,11)(H,9,10). The Balaban J connectivity index is 3.63. The van der Waals surface area contributed by atoms with Gasteiger partial charge in [-0.2, -0.15) is 12.6 Å². The van der Waals surface area contributed by atoms with E-state index in [4.69, 9.17) is 0 Å². The van der Waals surface area contributed by atoms with Gasteiger partial charge in [0.15, 0.2) is 0 Å². The molecule has 0 aromatic heterocycles. The highest BCUT2D eigenvalue weighted by Gasteiger charge is 2.12. The summed E-state index contributed by atoms with van der Waals surface area (Å²) in [4.78, 5) is 21.5. The van der Waals surface area contributed by atoms with E-state index in [2.05, 4.69) is 23.3 Å². The SMILES string of the molecule is CCNC(=O)C(S)CNC(C)=O. The van der Waals surface area contributed by atoms with E-state index < -0.39 is 5.25 Å². The first kappa shape index (κ1) is 11.3. The van der Waals surface area contributed by atoms with Crippen molar-refractivity contribution in [2.75, 3.05) is 13.1 Å². The molecule has 4 nitrogen and oxygen atoms in total. The number of thiol groups is 1. The minimum absolute atomic E-state index is 0.154. The predicted octanol–water partition coefficient (Wildman–Crippen LogP) is -0.443. The van der Waals surface area contributed by atoms with Crippen LogP contribution in [0.4, 0.5) is 0 Å². The van der Waals surface area contributed by atoms with Crippen LogP contribution in [0.15, 0.2) is 0 Å². The molecule has 0 heterocycles. The van der Waals surface area contributed by atoms with Gasteiger partial charge in [0.05, 0.1) is 5.25 Å². The maximum Gasteiger partial charge on any atom is 0.234 e. The summed E-state index contributed by atoms with van der Waals surface area (Å²) in [5, 5.41) is 4.65. The van der Waals surface area contributed by atoms with Gasteiger partial charge in [0.1, 0.15) is 0 Å². The average molecular weight is 190 g/mol. The molecule has 70 valence electrons. The summed E-state index contributed by atoms with van der Waals surface area (Å²) >= 11 is 4.01. The van der Waals surface area contributed by atoms with Crippen LogP contribution in [0.1, 0.15) is 13.8 Å². The lowest BCUT2D eigenvalue weighted by molar-refractivity contribution is -0.121. The van der Waals surface area contributed by atoms with Crippen LogP contribution in [-0.2, 0) is 9.59 Å². The molecule has 0 saturated heterocycles. The number of hydrogen-bond donors (Lipinski definition) is 3. The maximum absolute atomic E-state index is 11.0. The lowest BCUT2D eigenvalue weighted by Crippen LogP contribution is -2.39. The van der Waals surface area contributed by atoms with E-state index in [0.29, 0.717) is 6.54 Å². The zero-order chi connectivity index (χ0) is 9.56. The summed E-state index contributed by atoms with van der Waals surface area (Å²) in [6.45, 7) is 4.08. The van der Waals surface area contributed by atoms with Crippen LogP contribution < -0.4 is 10.6 Å². The van der Waals surface area contributed by atoms with Crippen LogP contribution in [0.3, 0.4) is 0 Å². The Kier molecular flexibility index (Phi) is 5.53. The summed E-state index contributed by atoms with van der Waals surface area (Å²) in [7, 11) is 0. The van der Waals surface area contributed by atoms with Crippen LogP contribution in [0, 0.1) is 0 Å². The van der Waals surface area contributed by atoms with Crippen LogP contribution in [0.5, 0.6) is 0 Å². The van der Waals surface area contributed by atoms with Crippen molar-refractivity contribution in [3.05, 3.63) is 0 Å². The number of carbonyl (C=O) groups is 2. The molecule has 1 atom stereocenters. The topological polar surface area (TPSA) is 58.2 Å². The Hall–Kier alpha value is -0.710. The Bertz CT molecular complexity index is 173. The molecule has 0 rings (SSSR count). The highest BCUT2D eigenvalue weighted by atomic mass is 32.1. The molecule has 12 heavy (non-hydrogen) atoms. The van der Waals surface area contributed by atoms with E-state index in [1.807, 2.05) is 6.92 Å². The van der Waals surface area contributed by atoms with Crippen molar-refractivity contribution in [2.45, 2.75) is 19.1 Å². The lowest BCUT2D eigenvalue weighted by atomic mass is 10.4. The molecule has 0 radical (unpaired) electrons. The van der Waals surface area contributed by atoms with Crippen molar-refractivity contribution in [1.29, 1.82) is 0 Å². The molecule has 0 aliphatic carbocycles. The van der Waals surface area contributed by atoms with E-state index in [-0.39, 0.29) is 18.4 Å². The van der Waals surface area contributed by atoms with Gasteiger partial charge >= 0.3 is 0 Å². The van der Waals surface area contributed by atoms with Crippen molar-refractivity contribution in [2.24, 2.45) is 0 Å². The molecule has 0 aliphatic heterocycles. The molecule has 5 heteroatoms. The van der Waals surface area contributed by atoms with Gasteiger partial charge in [-0.15, -0.1) is 0 Å². The summed E-state index contributed by atoms with van der Waals surface area (Å²) in [6, 6.07) is 0. The molecular weight excluding hydrogens is 176 g/mol. The molecular formula is C7H14N2O2S. The second kappa shape index (κ2) is 5.88. The largest absolute Gasteiger partial charge is 0.355 e. The predicted molar refractivity (Wildman–Crippen MR) is 50.1 cm³/mol. The normalized spacial score (nSPS) is 11.9. The second-order valence-electron chi connectivity index (χ2n) is 2.35. The van der Waals surface area contributed by atoms with Crippen LogP contribution in [0.2, 0.25) is 0 Å². The van der Waals surface area contributed by atoms with E-state index in [0.717, 1.165) is 0 Å². The Morgan fingerprint density at radius 2 is 2.00 bits per heavy atom. The third kappa shape index (κ3) is 5.01. The Labute approximate surface area is 77.5 Å². The molecule has 2 amide bonds. The zero-order valence-electron chi connectivity index (χ0n) is 7.26. The van der Waals surface area contributed by atoms with Gasteiger partial charge in [0.25, 0.3) is 0 Å². The molecule has 0 aromatic carbocycles. The van der Waals surface area contributed by atoms with Crippen molar-refractivity contribution < 1.29 is 9.59 Å². The van der Waals surface area contributed by atoms with E-state index in [1.54, 1.807) is 0 Å². The Morgan fingerprint density at radius 3 is 2.42 bits per heavy atom. The van der Waals surface area contributed by atoms with Gasteiger partial charge in [-0.25, -0.2) is 0 Å². The van der Waals surface area contributed by atoms with Gasteiger partial charge in [0, 0.05) is 20.0 Å². The number of carbonyl (C=O) groups excluding carboxylic acids is 2. The van der Waals surface area contributed by atoms with Crippen LogP contribution in [0.25, 0.3) is 0 Å². The zero-order valence-corrected chi connectivity index (χ0v) is 8.15. The third-order valence-electron chi connectivity index (χ3n) is 1.20. The number of hydrogen-bond acceptors (Lipinski definition) is 3. The molecule has 1 unspecified atom stereocenters. The molecule has 0 bridgehead atoms. The summed E-state index contributed by atoms with van der Waals surface area (Å²) in [5.74, 6) is -0.312. The van der Waals surface area contributed by atoms with Gasteiger partial charge < -0.3 is 10.6 Å². The number of nitrogens with one attached hydrogen (secondary N) is 2. The first-order valence-corrected chi connectivity index (χ1v) is 4.29. The van der Waals surface area contributed by atoms with Gasteiger partial charge in [0.2, 0.25) is 11.8 Å². The van der Waals surface area contributed by atoms with Crippen molar-refractivity contribution in [3.63, 3.8) is 0 Å². The number of amides is 2. The molecule has 0 aromatic rings. The molecule has 0 saturated carbocycles. The molecule has 0 spiro atoms. The minimum atomic E-state index is -0.464. The van der Waals surface area contributed by atoms with E-state index in [9.17, 15) is 9.59 Å². The summed E-state index contributed by atoms with van der Waals surface area (Å²) < 4.78 is 0.